The molecule has 0 radical (unpaired) electrons. The summed E-state index contributed by atoms with van der Waals surface area (Å²) in [6.07, 6.45) is 2.43. The van der Waals surface area contributed by atoms with E-state index in [4.69, 9.17) is 9.47 Å². The van der Waals surface area contributed by atoms with Crippen molar-refractivity contribution in [1.29, 1.82) is 0 Å². The summed E-state index contributed by atoms with van der Waals surface area (Å²) in [6.45, 7) is 1.45. The Bertz CT molecular complexity index is 1030. The number of rotatable bonds is 8. The SMILES string of the molecule is COc1ccc2c(ccn2S(=O)(=O)c2cccc(OCCCN(C)C)c2)c1. The Kier molecular flexibility index (Phi) is 5.72. The molecule has 0 saturated heterocycles. The van der Waals surface area contributed by atoms with Gasteiger partial charge in [-0.05, 0) is 56.9 Å². The number of hydrogen-bond acceptors (Lipinski definition) is 5. The van der Waals surface area contributed by atoms with E-state index in [-0.39, 0.29) is 4.90 Å². The third kappa shape index (κ3) is 4.26. The molecule has 27 heavy (non-hydrogen) atoms. The van der Waals surface area contributed by atoms with Crippen LogP contribution >= 0.6 is 0 Å². The molecule has 0 saturated carbocycles. The molecule has 0 unspecified atom stereocenters. The summed E-state index contributed by atoms with van der Waals surface area (Å²) < 4.78 is 38.4. The van der Waals surface area contributed by atoms with Gasteiger partial charge in [-0.3, -0.25) is 0 Å². The maximum Gasteiger partial charge on any atom is 0.268 e. The molecule has 0 aliphatic carbocycles. The van der Waals surface area contributed by atoms with Crippen LogP contribution < -0.4 is 9.47 Å². The van der Waals surface area contributed by atoms with Crippen LogP contribution in [0.25, 0.3) is 10.9 Å². The molecule has 144 valence electrons. The minimum atomic E-state index is -3.72. The first kappa shape index (κ1) is 19.3. The Morgan fingerprint density at radius 1 is 1.04 bits per heavy atom. The highest BCUT2D eigenvalue weighted by Gasteiger charge is 2.19. The summed E-state index contributed by atoms with van der Waals surface area (Å²) in [4.78, 5) is 2.28. The second-order valence-electron chi connectivity index (χ2n) is 6.52. The van der Waals surface area contributed by atoms with E-state index in [2.05, 4.69) is 4.90 Å². The van der Waals surface area contributed by atoms with Crippen molar-refractivity contribution < 1.29 is 17.9 Å². The van der Waals surface area contributed by atoms with Crippen LogP contribution in [0.4, 0.5) is 0 Å². The zero-order valence-corrected chi connectivity index (χ0v) is 16.6. The third-order valence-corrected chi connectivity index (χ3v) is 5.93. The fourth-order valence-electron chi connectivity index (χ4n) is 2.84. The van der Waals surface area contributed by atoms with Crippen molar-refractivity contribution in [2.45, 2.75) is 11.3 Å². The van der Waals surface area contributed by atoms with Gasteiger partial charge < -0.3 is 14.4 Å². The first-order chi connectivity index (χ1) is 12.9. The molecule has 0 spiro atoms. The van der Waals surface area contributed by atoms with Crippen LogP contribution in [0.2, 0.25) is 0 Å². The summed E-state index contributed by atoms with van der Waals surface area (Å²) in [7, 11) is 1.87. The van der Waals surface area contributed by atoms with Gasteiger partial charge in [0.25, 0.3) is 10.0 Å². The number of methoxy groups -OCH3 is 1. The molecule has 0 bridgehead atoms. The summed E-state index contributed by atoms with van der Waals surface area (Å²) in [5.41, 5.74) is 0.605. The normalized spacial score (nSPS) is 11.9. The number of hydrogen-bond donors (Lipinski definition) is 0. The fourth-order valence-corrected chi connectivity index (χ4v) is 4.23. The summed E-state index contributed by atoms with van der Waals surface area (Å²) >= 11 is 0. The van der Waals surface area contributed by atoms with Crippen molar-refractivity contribution in [2.75, 3.05) is 34.4 Å². The maximum atomic E-state index is 13.1. The minimum absolute atomic E-state index is 0.195. The Morgan fingerprint density at radius 3 is 2.59 bits per heavy atom. The van der Waals surface area contributed by atoms with E-state index in [1.54, 1.807) is 55.8 Å². The van der Waals surface area contributed by atoms with Crippen molar-refractivity contribution >= 4 is 20.9 Å². The average molecular weight is 388 g/mol. The summed E-state index contributed by atoms with van der Waals surface area (Å²) in [5, 5.41) is 0.800. The molecule has 0 fully saturated rings. The van der Waals surface area contributed by atoms with Crippen molar-refractivity contribution in [1.82, 2.24) is 8.87 Å². The second-order valence-corrected chi connectivity index (χ2v) is 8.34. The molecule has 1 heterocycles. The van der Waals surface area contributed by atoms with Gasteiger partial charge in [0, 0.05) is 24.2 Å². The van der Waals surface area contributed by atoms with Crippen molar-refractivity contribution in [3.8, 4) is 11.5 Å². The molecule has 2 aromatic carbocycles. The van der Waals surface area contributed by atoms with Crippen molar-refractivity contribution in [3.63, 3.8) is 0 Å². The van der Waals surface area contributed by atoms with Gasteiger partial charge >= 0.3 is 0 Å². The van der Waals surface area contributed by atoms with Gasteiger partial charge in [-0.2, -0.15) is 0 Å². The van der Waals surface area contributed by atoms with Gasteiger partial charge in [0.15, 0.2) is 0 Å². The van der Waals surface area contributed by atoms with Crippen LogP contribution in [0.3, 0.4) is 0 Å². The Balaban J connectivity index is 1.86. The maximum absolute atomic E-state index is 13.1. The van der Waals surface area contributed by atoms with E-state index in [9.17, 15) is 8.42 Å². The topological polar surface area (TPSA) is 60.8 Å². The third-order valence-electron chi connectivity index (χ3n) is 4.24. The molecule has 6 nitrogen and oxygen atoms in total. The van der Waals surface area contributed by atoms with Crippen molar-refractivity contribution in [3.05, 3.63) is 54.7 Å². The average Bonchev–Trinajstić information content (AvgIpc) is 3.09. The molecular formula is C20H24N2O4S. The van der Waals surface area contributed by atoms with E-state index < -0.39 is 10.0 Å². The Labute approximate surface area is 160 Å². The number of ether oxygens (including phenoxy) is 2. The van der Waals surface area contributed by atoms with E-state index in [0.29, 0.717) is 23.6 Å². The fraction of sp³-hybridized carbons (Fsp3) is 0.300. The number of benzene rings is 2. The molecule has 1 aromatic heterocycles. The number of fused-ring (bicyclic) bond motifs is 1. The first-order valence-electron chi connectivity index (χ1n) is 8.70. The quantitative estimate of drug-likeness (QED) is 0.555. The van der Waals surface area contributed by atoms with E-state index in [0.717, 1.165) is 18.4 Å². The molecular weight excluding hydrogens is 364 g/mol. The standard InChI is InChI=1S/C20H24N2O4S/c1-21(2)11-5-13-26-18-6-4-7-19(15-18)27(23,24)22-12-10-16-14-17(25-3)8-9-20(16)22/h4,6-10,12,14-15H,5,11,13H2,1-3H3. The lowest BCUT2D eigenvalue weighted by Crippen LogP contribution is -2.15. The molecule has 0 aliphatic rings. The minimum Gasteiger partial charge on any atom is -0.497 e. The molecule has 7 heteroatoms. The molecule has 3 aromatic rings. The van der Waals surface area contributed by atoms with Crippen LogP contribution in [-0.2, 0) is 10.0 Å². The molecule has 0 aliphatic heterocycles. The molecule has 0 N–H and O–H groups in total. The van der Waals surface area contributed by atoms with E-state index in [1.165, 1.54) is 3.97 Å². The lowest BCUT2D eigenvalue weighted by molar-refractivity contribution is 0.281. The van der Waals surface area contributed by atoms with Crippen LogP contribution in [0.5, 0.6) is 11.5 Å². The van der Waals surface area contributed by atoms with Gasteiger partial charge in [0.05, 0.1) is 24.1 Å². The number of nitrogens with zero attached hydrogens (tertiary/aromatic N) is 2. The molecule has 0 atom stereocenters. The Hall–Kier alpha value is -2.51. The van der Waals surface area contributed by atoms with Crippen LogP contribution in [-0.4, -0.2) is 51.6 Å². The zero-order valence-electron chi connectivity index (χ0n) is 15.8. The van der Waals surface area contributed by atoms with Gasteiger partial charge in [0.2, 0.25) is 0 Å². The lowest BCUT2D eigenvalue weighted by atomic mass is 10.2. The van der Waals surface area contributed by atoms with Crippen LogP contribution in [0.15, 0.2) is 59.6 Å². The largest absolute Gasteiger partial charge is 0.497 e. The lowest BCUT2D eigenvalue weighted by Gasteiger charge is -2.12. The highest BCUT2D eigenvalue weighted by molar-refractivity contribution is 7.90. The van der Waals surface area contributed by atoms with Gasteiger partial charge in [0.1, 0.15) is 11.5 Å². The highest BCUT2D eigenvalue weighted by atomic mass is 32.2. The molecule has 3 rings (SSSR count). The summed E-state index contributed by atoms with van der Waals surface area (Å²) in [6, 6.07) is 13.7. The second kappa shape index (κ2) is 8.02. The van der Waals surface area contributed by atoms with Crippen LogP contribution in [0, 0.1) is 0 Å². The number of aromatic nitrogens is 1. The Morgan fingerprint density at radius 2 is 1.85 bits per heavy atom. The first-order valence-corrected chi connectivity index (χ1v) is 10.1. The highest BCUT2D eigenvalue weighted by Crippen LogP contribution is 2.27. The van der Waals surface area contributed by atoms with Gasteiger partial charge in [-0.1, -0.05) is 6.07 Å². The predicted molar refractivity (Wildman–Crippen MR) is 106 cm³/mol. The van der Waals surface area contributed by atoms with Gasteiger partial charge in [-0.15, -0.1) is 0 Å². The monoisotopic (exact) mass is 388 g/mol. The smallest absolute Gasteiger partial charge is 0.268 e. The van der Waals surface area contributed by atoms with Gasteiger partial charge in [-0.25, -0.2) is 12.4 Å². The van der Waals surface area contributed by atoms with Crippen molar-refractivity contribution in [2.24, 2.45) is 0 Å². The zero-order chi connectivity index (χ0) is 19.4. The van der Waals surface area contributed by atoms with E-state index >= 15 is 0 Å². The molecule has 0 amide bonds. The summed E-state index contributed by atoms with van der Waals surface area (Å²) in [5.74, 6) is 1.23. The van der Waals surface area contributed by atoms with Crippen LogP contribution in [0.1, 0.15) is 6.42 Å². The van der Waals surface area contributed by atoms with E-state index in [1.807, 2.05) is 20.2 Å². The predicted octanol–water partition coefficient (Wildman–Crippen LogP) is 3.22.